The lowest BCUT2D eigenvalue weighted by Crippen LogP contribution is -2.44. The topological polar surface area (TPSA) is 47.9 Å². The highest BCUT2D eigenvalue weighted by atomic mass is 127. The average Bonchev–Trinajstić information content (AvgIpc) is 2.67. The first-order valence-corrected chi connectivity index (χ1v) is 9.01. The molecule has 0 aliphatic carbocycles. The molecule has 0 aromatic heterocycles. The van der Waals surface area contributed by atoms with Gasteiger partial charge in [-0.2, -0.15) is 0 Å². The predicted molar refractivity (Wildman–Crippen MR) is 122 cm³/mol. The zero-order chi connectivity index (χ0) is 19.6. The fraction of sp³-hybridized carbons (Fsp3) is 0.333. The van der Waals surface area contributed by atoms with E-state index in [2.05, 4.69) is 10.3 Å². The predicted octanol–water partition coefficient (Wildman–Crippen LogP) is 3.50. The number of benzene rings is 2. The summed E-state index contributed by atoms with van der Waals surface area (Å²) in [6, 6.07) is 16.4. The van der Waals surface area contributed by atoms with Gasteiger partial charge in [0.15, 0.2) is 5.96 Å². The molecule has 0 spiro atoms. The van der Waals surface area contributed by atoms with Crippen LogP contribution in [-0.4, -0.2) is 48.9 Å². The van der Waals surface area contributed by atoms with Gasteiger partial charge < -0.3 is 15.1 Å². The Labute approximate surface area is 183 Å². The number of hydrogen-bond donors (Lipinski definition) is 1. The highest BCUT2D eigenvalue weighted by molar-refractivity contribution is 14.0. The van der Waals surface area contributed by atoms with Gasteiger partial charge >= 0.3 is 0 Å². The van der Waals surface area contributed by atoms with Crippen LogP contribution in [0.1, 0.15) is 18.1 Å². The molecule has 1 N–H and O–H groups in total. The maximum Gasteiger partial charge on any atom is 0.242 e. The van der Waals surface area contributed by atoms with Crippen LogP contribution in [0.5, 0.6) is 0 Å². The van der Waals surface area contributed by atoms with E-state index in [-0.39, 0.29) is 42.2 Å². The normalized spacial score (nSPS) is 10.8. The van der Waals surface area contributed by atoms with E-state index in [4.69, 9.17) is 0 Å². The molecule has 2 aromatic carbocycles. The molecular weight excluding hydrogens is 470 g/mol. The van der Waals surface area contributed by atoms with Gasteiger partial charge in [0.1, 0.15) is 5.82 Å². The summed E-state index contributed by atoms with van der Waals surface area (Å²) in [4.78, 5) is 20.4. The summed E-state index contributed by atoms with van der Waals surface area (Å²) in [7, 11) is 3.52. The number of likely N-dealkylation sites (N-methyl/N-ethyl adjacent to an activating group) is 1. The van der Waals surface area contributed by atoms with Crippen molar-refractivity contribution in [2.24, 2.45) is 4.99 Å². The molecule has 2 rings (SSSR count). The molecule has 0 saturated carbocycles. The summed E-state index contributed by atoms with van der Waals surface area (Å²) in [5.41, 5.74) is 1.94. The number of guanidine groups is 1. The van der Waals surface area contributed by atoms with Crippen molar-refractivity contribution in [3.05, 3.63) is 71.5 Å². The van der Waals surface area contributed by atoms with Crippen LogP contribution < -0.4 is 5.32 Å². The van der Waals surface area contributed by atoms with Crippen molar-refractivity contribution in [2.75, 3.05) is 27.2 Å². The van der Waals surface area contributed by atoms with E-state index >= 15 is 0 Å². The third kappa shape index (κ3) is 7.46. The van der Waals surface area contributed by atoms with Crippen LogP contribution in [0.3, 0.4) is 0 Å². The summed E-state index contributed by atoms with van der Waals surface area (Å²) in [5, 5.41) is 3.10. The Morgan fingerprint density at radius 1 is 1.07 bits per heavy atom. The van der Waals surface area contributed by atoms with Crippen molar-refractivity contribution in [1.29, 1.82) is 0 Å². The van der Waals surface area contributed by atoms with Gasteiger partial charge in [-0.15, -0.1) is 24.0 Å². The standard InChI is InChI=1S/C21H27FN4O.HI/c1-4-26(16-17-9-6-5-7-10-17)20(27)14-24-21(23-2)25(3)15-18-11-8-12-19(22)13-18;/h5-13H,4,14-16H2,1-3H3,(H,23,24);1H. The van der Waals surface area contributed by atoms with E-state index < -0.39 is 0 Å². The van der Waals surface area contributed by atoms with Gasteiger partial charge in [0.05, 0.1) is 6.54 Å². The van der Waals surface area contributed by atoms with Gasteiger partial charge in [0.25, 0.3) is 0 Å². The Hall–Kier alpha value is -2.16. The van der Waals surface area contributed by atoms with Crippen LogP contribution >= 0.6 is 24.0 Å². The van der Waals surface area contributed by atoms with E-state index in [1.165, 1.54) is 12.1 Å². The third-order valence-corrected chi connectivity index (χ3v) is 4.23. The third-order valence-electron chi connectivity index (χ3n) is 4.23. The fourth-order valence-corrected chi connectivity index (χ4v) is 2.82. The molecule has 0 fully saturated rings. The van der Waals surface area contributed by atoms with E-state index in [1.54, 1.807) is 18.0 Å². The van der Waals surface area contributed by atoms with Crippen molar-refractivity contribution in [3.8, 4) is 0 Å². The Bertz CT molecular complexity index is 770. The minimum absolute atomic E-state index is 0. The highest BCUT2D eigenvalue weighted by Crippen LogP contribution is 2.07. The minimum atomic E-state index is -0.265. The monoisotopic (exact) mass is 498 g/mol. The number of nitrogens with zero attached hydrogens (tertiary/aromatic N) is 3. The second-order valence-electron chi connectivity index (χ2n) is 6.28. The molecule has 0 bridgehead atoms. The first kappa shape index (κ1) is 23.9. The Morgan fingerprint density at radius 2 is 1.75 bits per heavy atom. The van der Waals surface area contributed by atoms with Crippen molar-refractivity contribution in [3.63, 3.8) is 0 Å². The van der Waals surface area contributed by atoms with Crippen LogP contribution in [0.4, 0.5) is 4.39 Å². The molecular formula is C21H28FIN4O. The van der Waals surface area contributed by atoms with E-state index in [0.29, 0.717) is 25.6 Å². The molecule has 2 aromatic rings. The van der Waals surface area contributed by atoms with Crippen LogP contribution in [0.2, 0.25) is 0 Å². The van der Waals surface area contributed by atoms with E-state index in [1.807, 2.05) is 55.3 Å². The molecule has 0 unspecified atom stereocenters. The number of amides is 1. The maximum atomic E-state index is 13.3. The van der Waals surface area contributed by atoms with Crippen LogP contribution in [-0.2, 0) is 17.9 Å². The summed E-state index contributed by atoms with van der Waals surface area (Å²) in [5.74, 6) is 0.323. The quantitative estimate of drug-likeness (QED) is 0.361. The molecule has 152 valence electrons. The second kappa shape index (κ2) is 12.3. The number of hydrogen-bond acceptors (Lipinski definition) is 2. The van der Waals surface area contributed by atoms with Gasteiger partial charge in [-0.25, -0.2) is 4.39 Å². The zero-order valence-corrected chi connectivity index (χ0v) is 18.9. The zero-order valence-electron chi connectivity index (χ0n) is 16.6. The van der Waals surface area contributed by atoms with Gasteiger partial charge in [-0.05, 0) is 30.2 Å². The van der Waals surface area contributed by atoms with Gasteiger partial charge in [0.2, 0.25) is 5.91 Å². The van der Waals surface area contributed by atoms with Crippen molar-refractivity contribution >= 4 is 35.8 Å². The molecule has 0 atom stereocenters. The average molecular weight is 498 g/mol. The number of carbonyl (C=O) groups is 1. The number of nitrogens with one attached hydrogen (secondary N) is 1. The molecule has 0 radical (unpaired) electrons. The number of halogens is 2. The maximum absolute atomic E-state index is 13.3. The summed E-state index contributed by atoms with van der Waals surface area (Å²) in [6.45, 7) is 3.82. The van der Waals surface area contributed by atoms with Gasteiger partial charge in [-0.1, -0.05) is 42.5 Å². The lowest BCUT2D eigenvalue weighted by molar-refractivity contribution is -0.130. The van der Waals surface area contributed by atoms with Gasteiger partial charge in [0, 0.05) is 33.7 Å². The largest absolute Gasteiger partial charge is 0.347 e. The minimum Gasteiger partial charge on any atom is -0.347 e. The van der Waals surface area contributed by atoms with Crippen molar-refractivity contribution < 1.29 is 9.18 Å². The van der Waals surface area contributed by atoms with E-state index in [0.717, 1.165) is 11.1 Å². The fourth-order valence-electron chi connectivity index (χ4n) is 2.82. The second-order valence-corrected chi connectivity index (χ2v) is 6.28. The SMILES string of the molecule is CCN(Cc1ccccc1)C(=O)CNC(=NC)N(C)Cc1cccc(F)c1.I. The van der Waals surface area contributed by atoms with Crippen LogP contribution in [0, 0.1) is 5.82 Å². The van der Waals surface area contributed by atoms with Crippen LogP contribution in [0.15, 0.2) is 59.6 Å². The van der Waals surface area contributed by atoms with Gasteiger partial charge in [-0.3, -0.25) is 9.79 Å². The Kier molecular flexibility index (Phi) is 10.5. The first-order valence-electron chi connectivity index (χ1n) is 9.01. The highest BCUT2D eigenvalue weighted by Gasteiger charge is 2.14. The molecule has 0 aliphatic heterocycles. The molecule has 0 aliphatic rings. The lowest BCUT2D eigenvalue weighted by atomic mass is 10.2. The van der Waals surface area contributed by atoms with Crippen molar-refractivity contribution in [1.82, 2.24) is 15.1 Å². The number of carbonyl (C=O) groups excluding carboxylic acids is 1. The summed E-state index contributed by atoms with van der Waals surface area (Å²) in [6.07, 6.45) is 0. The van der Waals surface area contributed by atoms with Crippen LogP contribution in [0.25, 0.3) is 0 Å². The van der Waals surface area contributed by atoms with E-state index in [9.17, 15) is 9.18 Å². The first-order chi connectivity index (χ1) is 13.0. The molecule has 28 heavy (non-hydrogen) atoms. The molecule has 0 saturated heterocycles. The molecule has 1 amide bonds. The number of rotatable bonds is 7. The smallest absolute Gasteiger partial charge is 0.242 e. The Morgan fingerprint density at radius 3 is 2.36 bits per heavy atom. The number of aliphatic imine (C=N–C) groups is 1. The summed E-state index contributed by atoms with van der Waals surface area (Å²) < 4.78 is 13.3. The Balaban J connectivity index is 0.00000392. The molecule has 5 nitrogen and oxygen atoms in total. The van der Waals surface area contributed by atoms with Crippen molar-refractivity contribution in [2.45, 2.75) is 20.0 Å². The molecule has 7 heteroatoms. The lowest BCUT2D eigenvalue weighted by Gasteiger charge is -2.25. The molecule has 0 heterocycles. The summed E-state index contributed by atoms with van der Waals surface area (Å²) >= 11 is 0.